The second kappa shape index (κ2) is 7.36. The van der Waals surface area contributed by atoms with E-state index in [2.05, 4.69) is 15.0 Å². The summed E-state index contributed by atoms with van der Waals surface area (Å²) in [7, 11) is 0. The van der Waals surface area contributed by atoms with Crippen molar-refractivity contribution in [2.24, 2.45) is 5.41 Å². The van der Waals surface area contributed by atoms with E-state index in [9.17, 15) is 27.5 Å². The molecule has 4 rings (SSSR count). The average molecular weight is 435 g/mol. The van der Waals surface area contributed by atoms with E-state index in [4.69, 9.17) is 4.74 Å². The number of carbonyl (C=O) groups is 1. The lowest BCUT2D eigenvalue weighted by Crippen LogP contribution is -2.23. The quantitative estimate of drug-likeness (QED) is 0.541. The lowest BCUT2D eigenvalue weighted by Gasteiger charge is -2.13. The van der Waals surface area contributed by atoms with Crippen molar-refractivity contribution in [2.45, 2.75) is 25.9 Å². The van der Waals surface area contributed by atoms with Gasteiger partial charge in [0.2, 0.25) is 5.88 Å². The molecule has 0 spiro atoms. The number of aryl methyl sites for hydroxylation is 1. The lowest BCUT2D eigenvalue weighted by atomic mass is 10.0. The molecule has 10 heteroatoms. The van der Waals surface area contributed by atoms with E-state index in [-0.39, 0.29) is 23.9 Å². The van der Waals surface area contributed by atoms with Crippen LogP contribution in [0.4, 0.5) is 17.6 Å². The summed E-state index contributed by atoms with van der Waals surface area (Å²) in [5.41, 5.74) is -0.192. The fourth-order valence-corrected chi connectivity index (χ4v) is 3.17. The second-order valence-corrected chi connectivity index (χ2v) is 7.55. The summed E-state index contributed by atoms with van der Waals surface area (Å²) in [4.78, 5) is 21.1. The van der Waals surface area contributed by atoms with Gasteiger partial charge >= 0.3 is 12.1 Å². The van der Waals surface area contributed by atoms with E-state index >= 15 is 0 Å². The number of aromatic nitrogens is 3. The van der Waals surface area contributed by atoms with Gasteiger partial charge in [-0.25, -0.2) is 14.4 Å². The van der Waals surface area contributed by atoms with Gasteiger partial charge in [-0.1, -0.05) is 6.07 Å². The number of carboxylic acids is 1. The van der Waals surface area contributed by atoms with Crippen molar-refractivity contribution in [1.82, 2.24) is 15.0 Å². The number of nitrogens with one attached hydrogen (secondary N) is 1. The minimum Gasteiger partial charge on any atom is -0.481 e. The van der Waals surface area contributed by atoms with Gasteiger partial charge in [-0.3, -0.25) is 4.79 Å². The maximum absolute atomic E-state index is 14.6. The van der Waals surface area contributed by atoms with Crippen LogP contribution in [0.5, 0.6) is 5.88 Å². The molecule has 0 saturated heterocycles. The third-order valence-electron chi connectivity index (χ3n) is 5.31. The number of hydrogen-bond donors (Lipinski definition) is 2. The maximum Gasteiger partial charge on any atom is 0.432 e. The molecule has 0 aliphatic heterocycles. The van der Waals surface area contributed by atoms with Gasteiger partial charge in [0, 0.05) is 17.8 Å². The number of ether oxygens (including phenoxy) is 1. The van der Waals surface area contributed by atoms with Crippen LogP contribution < -0.4 is 4.74 Å². The minimum absolute atomic E-state index is 0.0283. The van der Waals surface area contributed by atoms with Crippen LogP contribution in [0.1, 0.15) is 24.1 Å². The number of carboxylic acid groups (broad SMARTS) is 1. The van der Waals surface area contributed by atoms with Gasteiger partial charge in [0.15, 0.2) is 0 Å². The Balaban J connectivity index is 1.54. The number of nitrogens with zero attached hydrogens (tertiary/aromatic N) is 2. The Morgan fingerprint density at radius 1 is 1.19 bits per heavy atom. The van der Waals surface area contributed by atoms with Gasteiger partial charge in [0.1, 0.15) is 29.4 Å². The molecule has 0 unspecified atom stereocenters. The number of aromatic amines is 1. The number of hydrogen-bond acceptors (Lipinski definition) is 4. The summed E-state index contributed by atoms with van der Waals surface area (Å²) in [5, 5.41) is 9.20. The van der Waals surface area contributed by atoms with E-state index in [1.54, 1.807) is 19.1 Å². The summed E-state index contributed by atoms with van der Waals surface area (Å²) in [6.45, 7) is 1.79. The number of halogens is 4. The van der Waals surface area contributed by atoms with Crippen molar-refractivity contribution in [2.75, 3.05) is 6.61 Å². The average Bonchev–Trinajstić information content (AvgIpc) is 3.33. The molecular formula is C21H17F4N3O3. The van der Waals surface area contributed by atoms with Crippen LogP contribution >= 0.6 is 0 Å². The van der Waals surface area contributed by atoms with Gasteiger partial charge < -0.3 is 14.8 Å². The molecule has 0 radical (unpaired) electrons. The van der Waals surface area contributed by atoms with Crippen LogP contribution in [-0.4, -0.2) is 32.6 Å². The van der Waals surface area contributed by atoms with Gasteiger partial charge in [-0.2, -0.15) is 13.2 Å². The van der Waals surface area contributed by atoms with E-state index in [1.165, 1.54) is 18.3 Å². The first kappa shape index (κ1) is 20.8. The number of imidazole rings is 1. The van der Waals surface area contributed by atoms with Gasteiger partial charge in [-0.05, 0) is 43.0 Å². The van der Waals surface area contributed by atoms with Crippen molar-refractivity contribution in [3.8, 4) is 28.4 Å². The summed E-state index contributed by atoms with van der Waals surface area (Å²) >= 11 is 0. The normalized spacial score (nSPS) is 15.0. The summed E-state index contributed by atoms with van der Waals surface area (Å²) in [6, 6.07) is 5.72. The lowest BCUT2D eigenvalue weighted by molar-refractivity contribution is -0.144. The fourth-order valence-electron chi connectivity index (χ4n) is 3.17. The number of benzene rings is 1. The Kier molecular flexibility index (Phi) is 4.95. The van der Waals surface area contributed by atoms with Crippen molar-refractivity contribution in [3.63, 3.8) is 0 Å². The number of aliphatic carboxylic acids is 1. The van der Waals surface area contributed by atoms with Crippen LogP contribution in [0, 0.1) is 18.2 Å². The summed E-state index contributed by atoms with van der Waals surface area (Å²) in [5.74, 6) is -1.59. The Labute approximate surface area is 173 Å². The molecule has 2 N–H and O–H groups in total. The molecule has 1 aliphatic carbocycles. The third-order valence-corrected chi connectivity index (χ3v) is 5.31. The first-order chi connectivity index (χ1) is 14.6. The minimum atomic E-state index is -4.60. The number of rotatable bonds is 6. The highest BCUT2D eigenvalue weighted by Crippen LogP contribution is 2.46. The molecule has 2 aromatic heterocycles. The first-order valence-corrected chi connectivity index (χ1v) is 9.34. The standard InChI is InChI=1S/C21H17F4N3O3/c1-11-6-17(31-10-20(4-5-20)19(29)30)26-8-14(11)12-2-3-13(15(22)7-12)18-27-9-16(28-18)21(23,24)25/h2-3,6-9H,4-5,10H2,1H3,(H,27,28)(H,29,30). The molecule has 1 aliphatic rings. The summed E-state index contributed by atoms with van der Waals surface area (Å²) in [6.07, 6.45) is -1.38. The number of pyridine rings is 1. The van der Waals surface area contributed by atoms with E-state index in [0.717, 1.165) is 5.56 Å². The third kappa shape index (κ3) is 4.10. The van der Waals surface area contributed by atoms with Crippen LogP contribution in [0.2, 0.25) is 0 Å². The molecule has 31 heavy (non-hydrogen) atoms. The molecule has 0 bridgehead atoms. The topological polar surface area (TPSA) is 88.1 Å². The predicted octanol–water partition coefficient (Wildman–Crippen LogP) is 4.85. The van der Waals surface area contributed by atoms with Crippen molar-refractivity contribution >= 4 is 5.97 Å². The molecule has 1 aromatic carbocycles. The molecule has 2 heterocycles. The highest BCUT2D eigenvalue weighted by atomic mass is 19.4. The largest absolute Gasteiger partial charge is 0.481 e. The fraction of sp³-hybridized carbons (Fsp3) is 0.286. The molecule has 0 atom stereocenters. The Bertz CT molecular complexity index is 1150. The smallest absolute Gasteiger partial charge is 0.432 e. The van der Waals surface area contributed by atoms with Crippen LogP contribution in [0.15, 0.2) is 36.7 Å². The predicted molar refractivity (Wildman–Crippen MR) is 102 cm³/mol. The molecule has 1 fully saturated rings. The highest BCUT2D eigenvalue weighted by Gasteiger charge is 2.51. The van der Waals surface area contributed by atoms with E-state index in [0.29, 0.717) is 30.2 Å². The molecular weight excluding hydrogens is 418 g/mol. The second-order valence-electron chi connectivity index (χ2n) is 7.55. The molecule has 162 valence electrons. The number of alkyl halides is 3. The molecule has 0 amide bonds. The first-order valence-electron chi connectivity index (χ1n) is 9.34. The van der Waals surface area contributed by atoms with E-state index in [1.807, 2.05) is 0 Å². The van der Waals surface area contributed by atoms with E-state index < -0.39 is 29.1 Å². The molecule has 3 aromatic rings. The van der Waals surface area contributed by atoms with Gasteiger partial charge in [0.05, 0.1) is 11.8 Å². The van der Waals surface area contributed by atoms with Crippen molar-refractivity contribution < 1.29 is 32.2 Å². The Morgan fingerprint density at radius 2 is 1.94 bits per heavy atom. The van der Waals surface area contributed by atoms with Crippen molar-refractivity contribution in [1.29, 1.82) is 0 Å². The highest BCUT2D eigenvalue weighted by molar-refractivity contribution is 5.78. The summed E-state index contributed by atoms with van der Waals surface area (Å²) < 4.78 is 58.4. The van der Waals surface area contributed by atoms with Gasteiger partial charge in [-0.15, -0.1) is 0 Å². The number of H-pyrrole nitrogens is 1. The monoisotopic (exact) mass is 435 g/mol. The molecule has 6 nitrogen and oxygen atoms in total. The zero-order valence-corrected chi connectivity index (χ0v) is 16.3. The van der Waals surface area contributed by atoms with Crippen molar-refractivity contribution in [3.05, 3.63) is 53.7 Å². The zero-order chi connectivity index (χ0) is 22.4. The van der Waals surface area contributed by atoms with Crippen LogP contribution in [0.25, 0.3) is 22.5 Å². The van der Waals surface area contributed by atoms with Crippen LogP contribution in [0.3, 0.4) is 0 Å². The SMILES string of the molecule is Cc1cc(OCC2(C(=O)O)CC2)ncc1-c1ccc(-c2ncc(C(F)(F)F)[nH]2)c(F)c1. The maximum atomic E-state index is 14.6. The Hall–Kier alpha value is -3.43. The van der Waals surface area contributed by atoms with Gasteiger partial charge in [0.25, 0.3) is 0 Å². The zero-order valence-electron chi connectivity index (χ0n) is 16.3. The Morgan fingerprint density at radius 3 is 2.48 bits per heavy atom. The van der Waals surface area contributed by atoms with Crippen LogP contribution in [-0.2, 0) is 11.0 Å². The molecule has 1 saturated carbocycles.